The number of aromatic nitrogens is 2. The van der Waals surface area contributed by atoms with E-state index in [9.17, 15) is 22.4 Å². The summed E-state index contributed by atoms with van der Waals surface area (Å²) in [6.45, 7) is 1.29. The zero-order chi connectivity index (χ0) is 22.2. The van der Waals surface area contributed by atoms with Crippen LogP contribution in [0.25, 0.3) is 22.4 Å². The number of hydrogen-bond acceptors (Lipinski definition) is 7. The summed E-state index contributed by atoms with van der Waals surface area (Å²) in [6, 6.07) is 6.94. The van der Waals surface area contributed by atoms with E-state index in [-0.39, 0.29) is 40.6 Å². The minimum absolute atomic E-state index is 0.0326. The molecule has 3 heterocycles. The number of benzene rings is 1. The average Bonchev–Trinajstić information content (AvgIpc) is 3.27. The number of amides is 2. The van der Waals surface area contributed by atoms with Crippen LogP contribution in [0.5, 0.6) is 0 Å². The van der Waals surface area contributed by atoms with Gasteiger partial charge in [-0.3, -0.25) is 9.59 Å². The highest BCUT2D eigenvalue weighted by Crippen LogP contribution is 2.28. The fourth-order valence-corrected chi connectivity index (χ4v) is 5.20. The van der Waals surface area contributed by atoms with Crippen molar-refractivity contribution in [1.82, 2.24) is 20.8 Å². The van der Waals surface area contributed by atoms with Crippen LogP contribution in [0, 0.1) is 12.7 Å². The number of nitrogens with zero attached hydrogens (tertiary/aromatic N) is 2. The van der Waals surface area contributed by atoms with Gasteiger partial charge in [-0.05, 0) is 31.5 Å². The van der Waals surface area contributed by atoms with Crippen molar-refractivity contribution < 1.29 is 26.9 Å². The van der Waals surface area contributed by atoms with Crippen LogP contribution in [-0.2, 0) is 14.6 Å². The number of hydrogen-bond donors (Lipinski definition) is 2. The molecule has 9 nitrogen and oxygen atoms in total. The van der Waals surface area contributed by atoms with Crippen molar-refractivity contribution >= 4 is 32.8 Å². The number of carbonyl (C=O) groups excluding carboxylic acids is 2. The van der Waals surface area contributed by atoms with E-state index >= 15 is 0 Å². The first-order valence-corrected chi connectivity index (χ1v) is 11.4. The van der Waals surface area contributed by atoms with Crippen molar-refractivity contribution in [2.45, 2.75) is 19.4 Å². The van der Waals surface area contributed by atoms with Crippen LogP contribution in [0.3, 0.4) is 0 Å². The Kier molecular flexibility index (Phi) is 5.44. The molecular weight excluding hydrogens is 427 g/mol. The molecule has 0 radical (unpaired) electrons. The van der Waals surface area contributed by atoms with E-state index in [4.69, 9.17) is 4.52 Å². The number of fused-ring (bicyclic) bond motifs is 1. The van der Waals surface area contributed by atoms with E-state index in [1.807, 2.05) is 0 Å². The molecule has 1 aliphatic rings. The number of sulfone groups is 1. The average molecular weight is 446 g/mol. The minimum atomic E-state index is -3.13. The summed E-state index contributed by atoms with van der Waals surface area (Å²) >= 11 is 0. The Morgan fingerprint density at radius 3 is 2.77 bits per heavy atom. The summed E-state index contributed by atoms with van der Waals surface area (Å²) in [5.41, 5.74) is 1.01. The van der Waals surface area contributed by atoms with Crippen molar-refractivity contribution in [2.75, 3.05) is 18.1 Å². The molecule has 4 rings (SSSR count). The van der Waals surface area contributed by atoms with Crippen LogP contribution in [0.1, 0.15) is 22.5 Å². The van der Waals surface area contributed by atoms with Gasteiger partial charge in [-0.25, -0.2) is 17.8 Å². The molecule has 1 atom stereocenters. The minimum Gasteiger partial charge on any atom is -0.351 e. The van der Waals surface area contributed by atoms with Crippen molar-refractivity contribution in [3.05, 3.63) is 47.4 Å². The van der Waals surface area contributed by atoms with Crippen molar-refractivity contribution in [3.63, 3.8) is 0 Å². The summed E-state index contributed by atoms with van der Waals surface area (Å²) in [7, 11) is -3.13. The Morgan fingerprint density at radius 1 is 1.29 bits per heavy atom. The molecule has 11 heteroatoms. The maximum Gasteiger partial charge on any atom is 0.259 e. The summed E-state index contributed by atoms with van der Waals surface area (Å²) in [5, 5.41) is 9.30. The van der Waals surface area contributed by atoms with Gasteiger partial charge in [-0.2, -0.15) is 0 Å². The molecule has 0 saturated carbocycles. The van der Waals surface area contributed by atoms with Crippen LogP contribution in [0.15, 0.2) is 34.9 Å². The molecule has 1 aromatic carbocycles. The van der Waals surface area contributed by atoms with Crippen LogP contribution < -0.4 is 10.6 Å². The molecule has 0 bridgehead atoms. The van der Waals surface area contributed by atoms with Crippen molar-refractivity contribution in [3.8, 4) is 11.3 Å². The van der Waals surface area contributed by atoms with Crippen molar-refractivity contribution in [2.24, 2.45) is 0 Å². The highest BCUT2D eigenvalue weighted by Gasteiger charge is 2.29. The molecule has 31 heavy (non-hydrogen) atoms. The maximum atomic E-state index is 14.2. The molecule has 1 aliphatic heterocycles. The quantitative estimate of drug-likeness (QED) is 0.605. The molecule has 1 saturated heterocycles. The molecule has 1 unspecified atom stereocenters. The molecule has 162 valence electrons. The molecule has 3 aromatic rings. The van der Waals surface area contributed by atoms with Gasteiger partial charge in [0.25, 0.3) is 11.6 Å². The first-order valence-electron chi connectivity index (χ1n) is 9.53. The third kappa shape index (κ3) is 4.41. The normalized spacial score (nSPS) is 17.5. The molecule has 1 fully saturated rings. The number of nitrogens with one attached hydrogen (secondary N) is 2. The van der Waals surface area contributed by atoms with Gasteiger partial charge in [0.15, 0.2) is 9.84 Å². The predicted octanol–water partition coefficient (Wildman–Crippen LogP) is 1.37. The van der Waals surface area contributed by atoms with E-state index in [0.717, 1.165) is 0 Å². The monoisotopic (exact) mass is 446 g/mol. The summed E-state index contributed by atoms with van der Waals surface area (Å²) in [4.78, 5) is 29.3. The van der Waals surface area contributed by atoms with Gasteiger partial charge in [0, 0.05) is 11.6 Å². The highest BCUT2D eigenvalue weighted by molar-refractivity contribution is 7.91. The lowest BCUT2D eigenvalue weighted by Gasteiger charge is -2.12. The van der Waals surface area contributed by atoms with E-state index in [2.05, 4.69) is 20.8 Å². The van der Waals surface area contributed by atoms with Crippen LogP contribution in [0.2, 0.25) is 0 Å². The molecule has 0 spiro atoms. The molecule has 0 aliphatic carbocycles. The van der Waals surface area contributed by atoms with Gasteiger partial charge < -0.3 is 15.2 Å². The zero-order valence-electron chi connectivity index (χ0n) is 16.5. The Bertz CT molecular complexity index is 1290. The number of aryl methyl sites for hydroxylation is 1. The maximum absolute atomic E-state index is 14.2. The van der Waals surface area contributed by atoms with E-state index < -0.39 is 33.5 Å². The molecule has 2 amide bonds. The number of pyridine rings is 1. The Morgan fingerprint density at radius 2 is 2.06 bits per heavy atom. The Labute approximate surface area is 176 Å². The second-order valence-corrected chi connectivity index (χ2v) is 9.56. The zero-order valence-corrected chi connectivity index (χ0v) is 17.3. The lowest BCUT2D eigenvalue weighted by Crippen LogP contribution is -2.42. The lowest BCUT2D eigenvalue weighted by molar-refractivity contribution is -0.120. The van der Waals surface area contributed by atoms with Crippen molar-refractivity contribution in [1.29, 1.82) is 0 Å². The fourth-order valence-electron chi connectivity index (χ4n) is 3.52. The van der Waals surface area contributed by atoms with E-state index in [1.54, 1.807) is 13.0 Å². The van der Waals surface area contributed by atoms with Crippen LogP contribution in [0.4, 0.5) is 4.39 Å². The molecule has 2 aromatic heterocycles. The van der Waals surface area contributed by atoms with Gasteiger partial charge in [-0.1, -0.05) is 17.3 Å². The van der Waals surface area contributed by atoms with Gasteiger partial charge in [0.1, 0.15) is 5.82 Å². The second kappa shape index (κ2) is 8.06. The first kappa shape index (κ1) is 20.9. The van der Waals surface area contributed by atoms with Gasteiger partial charge in [0.2, 0.25) is 5.91 Å². The predicted molar refractivity (Wildman–Crippen MR) is 109 cm³/mol. The third-order valence-corrected chi connectivity index (χ3v) is 6.79. The van der Waals surface area contributed by atoms with E-state index in [0.29, 0.717) is 17.5 Å². The molecular formula is C20H19FN4O5S. The topological polar surface area (TPSA) is 131 Å². The smallest absolute Gasteiger partial charge is 0.259 e. The molecule has 2 N–H and O–H groups in total. The lowest BCUT2D eigenvalue weighted by atomic mass is 10.0. The Hall–Kier alpha value is -3.34. The SMILES string of the molecule is Cc1noc2nc(-c3ccccc3F)cc(C(=O)NCC(=O)NC3CCS(=O)(=O)C3)c12. The standard InChI is InChI=1S/C20H19FN4O5S/c1-11-18-14(19(27)22-9-17(26)23-12-6-7-31(28,29)10-12)8-16(24-20(18)30-25-11)13-4-2-3-5-15(13)21/h2-5,8,12H,6-7,9-10H2,1H3,(H,22,27)(H,23,26). The Balaban J connectivity index is 1.55. The summed E-state index contributed by atoms with van der Waals surface area (Å²) in [5.74, 6) is -1.68. The first-order chi connectivity index (χ1) is 14.7. The summed E-state index contributed by atoms with van der Waals surface area (Å²) < 4.78 is 42.4. The van der Waals surface area contributed by atoms with E-state index in [1.165, 1.54) is 24.3 Å². The number of carbonyl (C=O) groups is 2. The van der Waals surface area contributed by atoms with Gasteiger partial charge in [0.05, 0.1) is 40.4 Å². The van der Waals surface area contributed by atoms with Gasteiger partial charge in [-0.15, -0.1) is 0 Å². The third-order valence-electron chi connectivity index (χ3n) is 5.02. The highest BCUT2D eigenvalue weighted by atomic mass is 32.2. The fraction of sp³-hybridized carbons (Fsp3) is 0.300. The largest absolute Gasteiger partial charge is 0.351 e. The van der Waals surface area contributed by atoms with Crippen LogP contribution >= 0.6 is 0 Å². The van der Waals surface area contributed by atoms with Crippen LogP contribution in [-0.4, -0.2) is 54.5 Å². The second-order valence-electron chi connectivity index (χ2n) is 7.33. The summed E-state index contributed by atoms with van der Waals surface area (Å²) in [6.07, 6.45) is 0.346. The van der Waals surface area contributed by atoms with Gasteiger partial charge >= 0.3 is 0 Å². The number of rotatable bonds is 5. The number of halogens is 1.